The molecule has 3 heterocycles. The van der Waals surface area contributed by atoms with Gasteiger partial charge in [-0.2, -0.15) is 13.2 Å². The fourth-order valence-electron chi connectivity index (χ4n) is 3.29. The number of H-pyrrole nitrogens is 1. The highest BCUT2D eigenvalue weighted by Crippen LogP contribution is 2.38. The van der Waals surface area contributed by atoms with Crippen LogP contribution in [0.5, 0.6) is 0 Å². The minimum absolute atomic E-state index is 0.00867. The van der Waals surface area contributed by atoms with Crippen LogP contribution in [-0.4, -0.2) is 71.3 Å². The Balaban J connectivity index is 2.12. The second kappa shape index (κ2) is 9.37. The number of aromatic amines is 1. The van der Waals surface area contributed by atoms with Crippen molar-refractivity contribution in [2.45, 2.75) is 43.6 Å². The van der Waals surface area contributed by atoms with E-state index in [2.05, 4.69) is 27.1 Å². The lowest BCUT2D eigenvalue weighted by atomic mass is 10.3. The first kappa shape index (κ1) is 23.2. The number of carbonyl (C=O) groups is 1. The first-order chi connectivity index (χ1) is 14.6. The molecule has 1 unspecified atom stereocenters. The Labute approximate surface area is 181 Å². The molecule has 0 saturated carbocycles. The van der Waals surface area contributed by atoms with E-state index in [-0.39, 0.29) is 28.5 Å². The van der Waals surface area contributed by atoms with Gasteiger partial charge in [0.05, 0.1) is 6.54 Å². The normalized spacial score (nSPS) is 19.3. The number of piperazine rings is 1. The van der Waals surface area contributed by atoms with Crippen LogP contribution in [0.4, 0.5) is 24.7 Å². The zero-order valence-electron chi connectivity index (χ0n) is 17.2. The lowest BCUT2D eigenvalue weighted by Crippen LogP contribution is -2.61. The summed E-state index contributed by atoms with van der Waals surface area (Å²) in [5.74, 6) is 3.02. The van der Waals surface area contributed by atoms with Gasteiger partial charge in [0.2, 0.25) is 0 Å². The summed E-state index contributed by atoms with van der Waals surface area (Å²) in [7, 11) is 0. The number of fused-ring (bicyclic) bond motifs is 1. The van der Waals surface area contributed by atoms with E-state index in [1.807, 2.05) is 18.7 Å². The number of hydroxylamine groups is 1. The zero-order chi connectivity index (χ0) is 22.8. The maximum Gasteiger partial charge on any atom is 0.493 e. The molecule has 1 aromatic heterocycles. The monoisotopic (exact) mass is 460 g/mol. The summed E-state index contributed by atoms with van der Waals surface area (Å²) in [5.41, 5.74) is -0.536. The number of halogens is 3. The highest BCUT2D eigenvalue weighted by atomic mass is 32.2. The number of alkyl halides is 3. The molecule has 0 amide bonds. The topological polar surface area (TPSA) is 93.8 Å². The number of rotatable bonds is 5. The van der Waals surface area contributed by atoms with Gasteiger partial charge in [-0.25, -0.2) is 9.78 Å². The first-order valence-electron chi connectivity index (χ1n) is 9.63. The smallest absolute Gasteiger partial charge is 0.327 e. The Morgan fingerprint density at radius 3 is 2.61 bits per heavy atom. The van der Waals surface area contributed by atoms with Gasteiger partial charge in [0.25, 0.3) is 5.56 Å². The number of carbonyl (C=O) groups excluding carboxylic acids is 1. The van der Waals surface area contributed by atoms with Crippen LogP contribution in [0.25, 0.3) is 0 Å². The summed E-state index contributed by atoms with van der Waals surface area (Å²) < 4.78 is 39.1. The van der Waals surface area contributed by atoms with Gasteiger partial charge in [-0.3, -0.25) is 14.7 Å². The lowest BCUT2D eigenvalue weighted by molar-refractivity contribution is -0.203. The summed E-state index contributed by atoms with van der Waals surface area (Å²) in [6, 6.07) is 0. The standard InChI is InChI=1S/C18H23F3N6O3S/c1-4-5-8-26-12-13(23-16(24-14(12)28)31-11(2)3)27(30-15(29)18(19,20)21)17(26)25-9-6-22-7-10-25/h11,17,22H,6-10H2,1-3H3,(H,23,24,28). The zero-order valence-corrected chi connectivity index (χ0v) is 18.1. The number of anilines is 2. The molecular formula is C18H23F3N6O3S. The molecule has 0 spiro atoms. The number of hydrogen-bond donors (Lipinski definition) is 2. The van der Waals surface area contributed by atoms with E-state index in [0.717, 1.165) is 5.06 Å². The van der Waals surface area contributed by atoms with E-state index >= 15 is 0 Å². The number of hydrogen-bond acceptors (Lipinski definition) is 9. The summed E-state index contributed by atoms with van der Waals surface area (Å²) in [4.78, 5) is 39.8. The van der Waals surface area contributed by atoms with E-state index in [9.17, 15) is 22.8 Å². The predicted octanol–water partition coefficient (Wildman–Crippen LogP) is 1.13. The fraction of sp³-hybridized carbons (Fsp3) is 0.611. The summed E-state index contributed by atoms with van der Waals surface area (Å²) in [6.45, 7) is 7.50. The van der Waals surface area contributed by atoms with Crippen LogP contribution in [0.15, 0.2) is 9.95 Å². The van der Waals surface area contributed by atoms with Gasteiger partial charge in [0, 0.05) is 31.4 Å². The molecule has 0 radical (unpaired) electrons. The Kier molecular flexibility index (Phi) is 7.03. The molecule has 0 bridgehead atoms. The molecule has 1 aromatic rings. The van der Waals surface area contributed by atoms with Crippen molar-refractivity contribution < 1.29 is 22.8 Å². The maximum atomic E-state index is 13.0. The van der Waals surface area contributed by atoms with E-state index in [1.54, 1.807) is 6.92 Å². The van der Waals surface area contributed by atoms with Crippen molar-refractivity contribution in [2.24, 2.45) is 0 Å². The summed E-state index contributed by atoms with van der Waals surface area (Å²) >= 11 is 1.23. The van der Waals surface area contributed by atoms with Crippen LogP contribution in [-0.2, 0) is 9.63 Å². The Bertz CT molecular complexity index is 936. The van der Waals surface area contributed by atoms with Crippen molar-refractivity contribution in [2.75, 3.05) is 42.7 Å². The quantitative estimate of drug-likeness (QED) is 0.381. The summed E-state index contributed by atoms with van der Waals surface area (Å²) in [5, 5.41) is 4.22. The molecular weight excluding hydrogens is 437 g/mol. The van der Waals surface area contributed by atoms with E-state index in [0.29, 0.717) is 26.2 Å². The first-order valence-corrected chi connectivity index (χ1v) is 10.5. The van der Waals surface area contributed by atoms with Crippen molar-refractivity contribution in [3.05, 3.63) is 10.4 Å². The third kappa shape index (κ3) is 5.08. The largest absolute Gasteiger partial charge is 0.493 e. The SMILES string of the molecule is CC#CCN1c2c(nc(SC(C)C)[nH]c2=O)N(OC(=O)C(F)(F)F)C1N1CCNCC1. The number of nitrogens with one attached hydrogen (secondary N) is 2. The molecule has 2 aliphatic rings. The molecule has 13 heteroatoms. The molecule has 9 nitrogen and oxygen atoms in total. The van der Waals surface area contributed by atoms with Crippen molar-refractivity contribution in [1.82, 2.24) is 20.2 Å². The van der Waals surface area contributed by atoms with Gasteiger partial charge >= 0.3 is 12.1 Å². The number of thioether (sulfide) groups is 1. The van der Waals surface area contributed by atoms with Crippen molar-refractivity contribution in [3.8, 4) is 11.8 Å². The highest BCUT2D eigenvalue weighted by Gasteiger charge is 2.50. The van der Waals surface area contributed by atoms with Crippen LogP contribution < -0.4 is 20.8 Å². The Morgan fingerprint density at radius 1 is 1.35 bits per heavy atom. The van der Waals surface area contributed by atoms with E-state index < -0.39 is 24.0 Å². The average Bonchev–Trinajstić information content (AvgIpc) is 2.99. The lowest BCUT2D eigenvalue weighted by Gasteiger charge is -2.40. The molecule has 1 saturated heterocycles. The van der Waals surface area contributed by atoms with Gasteiger partial charge in [0.1, 0.15) is 0 Å². The molecule has 1 fully saturated rings. The predicted molar refractivity (Wildman–Crippen MR) is 110 cm³/mol. The fourth-order valence-corrected chi connectivity index (χ4v) is 4.03. The van der Waals surface area contributed by atoms with Gasteiger partial charge < -0.3 is 15.1 Å². The van der Waals surface area contributed by atoms with Crippen LogP contribution in [0.2, 0.25) is 0 Å². The van der Waals surface area contributed by atoms with Crippen molar-refractivity contribution in [3.63, 3.8) is 0 Å². The summed E-state index contributed by atoms with van der Waals surface area (Å²) in [6.07, 6.45) is -6.20. The second-order valence-electron chi connectivity index (χ2n) is 7.10. The minimum Gasteiger partial charge on any atom is -0.327 e. The maximum absolute atomic E-state index is 13.0. The molecule has 31 heavy (non-hydrogen) atoms. The van der Waals surface area contributed by atoms with Crippen molar-refractivity contribution >= 4 is 29.2 Å². The Hall–Kier alpha value is -2.43. The third-order valence-electron chi connectivity index (χ3n) is 4.50. The van der Waals surface area contributed by atoms with E-state index in [1.165, 1.54) is 16.7 Å². The van der Waals surface area contributed by atoms with Crippen molar-refractivity contribution in [1.29, 1.82) is 0 Å². The van der Waals surface area contributed by atoms with Crippen LogP contribution in [0.1, 0.15) is 20.8 Å². The highest BCUT2D eigenvalue weighted by molar-refractivity contribution is 7.99. The molecule has 170 valence electrons. The third-order valence-corrected chi connectivity index (χ3v) is 5.39. The number of aromatic nitrogens is 2. The van der Waals surface area contributed by atoms with Crippen LogP contribution >= 0.6 is 11.8 Å². The van der Waals surface area contributed by atoms with E-state index in [4.69, 9.17) is 4.84 Å². The van der Waals surface area contributed by atoms with Gasteiger partial charge in [-0.05, 0) is 6.92 Å². The molecule has 0 aliphatic carbocycles. The van der Waals surface area contributed by atoms with Gasteiger partial charge in [-0.1, -0.05) is 31.5 Å². The molecule has 1 atom stereocenters. The van der Waals surface area contributed by atoms with Crippen LogP contribution in [0.3, 0.4) is 0 Å². The Morgan fingerprint density at radius 2 is 2.03 bits per heavy atom. The van der Waals surface area contributed by atoms with Gasteiger partial charge in [-0.15, -0.1) is 11.0 Å². The molecule has 3 rings (SSSR count). The second-order valence-corrected chi connectivity index (χ2v) is 8.66. The average molecular weight is 460 g/mol. The minimum atomic E-state index is -5.21. The van der Waals surface area contributed by atoms with Gasteiger partial charge in [0.15, 0.2) is 23.0 Å². The molecule has 2 N–H and O–H groups in total. The van der Waals surface area contributed by atoms with Crippen LogP contribution in [0, 0.1) is 11.8 Å². The molecule has 0 aromatic carbocycles. The number of nitrogens with zero attached hydrogens (tertiary/aromatic N) is 4. The molecule has 2 aliphatic heterocycles.